The highest BCUT2D eigenvalue weighted by Crippen LogP contribution is 2.10. The highest BCUT2D eigenvalue weighted by molar-refractivity contribution is 5.16. The Hall–Kier alpha value is -0.860. The van der Waals surface area contributed by atoms with Gasteiger partial charge in [-0.2, -0.15) is 0 Å². The van der Waals surface area contributed by atoms with Gasteiger partial charge < -0.3 is 11.1 Å². The van der Waals surface area contributed by atoms with Crippen molar-refractivity contribution < 1.29 is 0 Å². The van der Waals surface area contributed by atoms with E-state index in [1.807, 2.05) is 6.07 Å². The molecule has 13 heavy (non-hydrogen) atoms. The zero-order valence-electron chi connectivity index (χ0n) is 7.74. The van der Waals surface area contributed by atoms with Crippen molar-refractivity contribution in [2.24, 2.45) is 5.73 Å². The molecule has 0 bridgehead atoms. The first-order chi connectivity index (χ1) is 6.36. The SMILES string of the molecule is NC1CCN[C@H]1Cc1ccccc1. The molecule has 0 aliphatic carbocycles. The average Bonchev–Trinajstić information content (AvgIpc) is 2.54. The van der Waals surface area contributed by atoms with Gasteiger partial charge in [-0.15, -0.1) is 0 Å². The van der Waals surface area contributed by atoms with Crippen LogP contribution in [0.1, 0.15) is 12.0 Å². The maximum atomic E-state index is 5.96. The second-order valence-corrected chi connectivity index (χ2v) is 3.70. The summed E-state index contributed by atoms with van der Waals surface area (Å²) in [5, 5.41) is 3.43. The highest BCUT2D eigenvalue weighted by Gasteiger charge is 2.22. The second kappa shape index (κ2) is 3.90. The Morgan fingerprint density at radius 3 is 2.69 bits per heavy atom. The van der Waals surface area contributed by atoms with Gasteiger partial charge in [-0.05, 0) is 24.9 Å². The molecular formula is C11H16N2. The van der Waals surface area contributed by atoms with Gasteiger partial charge >= 0.3 is 0 Å². The van der Waals surface area contributed by atoms with Crippen molar-refractivity contribution in [2.75, 3.05) is 6.54 Å². The molecule has 1 saturated heterocycles. The van der Waals surface area contributed by atoms with Gasteiger partial charge in [-0.3, -0.25) is 0 Å². The van der Waals surface area contributed by atoms with Crippen molar-refractivity contribution in [3.8, 4) is 0 Å². The van der Waals surface area contributed by atoms with E-state index in [0.29, 0.717) is 12.1 Å². The van der Waals surface area contributed by atoms with Crippen LogP contribution in [0.25, 0.3) is 0 Å². The summed E-state index contributed by atoms with van der Waals surface area (Å²) in [7, 11) is 0. The van der Waals surface area contributed by atoms with Gasteiger partial charge in [0.05, 0.1) is 0 Å². The van der Waals surface area contributed by atoms with Gasteiger partial charge in [0.15, 0.2) is 0 Å². The Morgan fingerprint density at radius 1 is 1.31 bits per heavy atom. The van der Waals surface area contributed by atoms with Crippen molar-refractivity contribution in [2.45, 2.75) is 24.9 Å². The van der Waals surface area contributed by atoms with Crippen LogP contribution in [0.2, 0.25) is 0 Å². The predicted molar refractivity (Wildman–Crippen MR) is 54.5 cm³/mol. The maximum absolute atomic E-state index is 5.96. The van der Waals surface area contributed by atoms with Gasteiger partial charge in [-0.1, -0.05) is 30.3 Å². The first-order valence-electron chi connectivity index (χ1n) is 4.89. The molecule has 1 aliphatic heterocycles. The number of hydrogen-bond donors (Lipinski definition) is 2. The van der Waals surface area contributed by atoms with Gasteiger partial charge in [-0.25, -0.2) is 0 Å². The molecule has 2 heteroatoms. The molecule has 1 aromatic carbocycles. The summed E-state index contributed by atoms with van der Waals surface area (Å²) in [5.41, 5.74) is 7.34. The smallest absolute Gasteiger partial charge is 0.0259 e. The molecule has 0 amide bonds. The first kappa shape index (κ1) is 8.73. The molecule has 1 fully saturated rings. The maximum Gasteiger partial charge on any atom is 0.0259 e. The lowest BCUT2D eigenvalue weighted by Crippen LogP contribution is -2.37. The van der Waals surface area contributed by atoms with E-state index in [2.05, 4.69) is 29.6 Å². The van der Waals surface area contributed by atoms with Crippen molar-refractivity contribution in [1.29, 1.82) is 0 Å². The van der Waals surface area contributed by atoms with Gasteiger partial charge in [0.1, 0.15) is 0 Å². The fourth-order valence-electron chi connectivity index (χ4n) is 1.88. The molecule has 1 unspecified atom stereocenters. The molecule has 2 rings (SSSR count). The second-order valence-electron chi connectivity index (χ2n) is 3.70. The van der Waals surface area contributed by atoms with E-state index in [-0.39, 0.29) is 0 Å². The van der Waals surface area contributed by atoms with Crippen molar-refractivity contribution >= 4 is 0 Å². The lowest BCUT2D eigenvalue weighted by Gasteiger charge is -2.15. The topological polar surface area (TPSA) is 38.0 Å². The number of nitrogens with one attached hydrogen (secondary N) is 1. The van der Waals surface area contributed by atoms with E-state index in [9.17, 15) is 0 Å². The third-order valence-electron chi connectivity index (χ3n) is 2.70. The Morgan fingerprint density at radius 2 is 2.08 bits per heavy atom. The Kier molecular flexibility index (Phi) is 2.62. The average molecular weight is 176 g/mol. The van der Waals surface area contributed by atoms with Crippen molar-refractivity contribution in [1.82, 2.24) is 5.32 Å². The number of nitrogens with two attached hydrogens (primary N) is 1. The van der Waals surface area contributed by atoms with Crippen LogP contribution in [0.3, 0.4) is 0 Å². The van der Waals surface area contributed by atoms with Crippen molar-refractivity contribution in [3.63, 3.8) is 0 Å². The zero-order valence-corrected chi connectivity index (χ0v) is 7.74. The summed E-state index contributed by atoms with van der Waals surface area (Å²) in [6.45, 7) is 1.07. The zero-order chi connectivity index (χ0) is 9.10. The fourth-order valence-corrected chi connectivity index (χ4v) is 1.88. The Bertz CT molecular complexity index is 258. The molecule has 0 spiro atoms. The van der Waals surface area contributed by atoms with Crippen LogP contribution in [0.5, 0.6) is 0 Å². The molecule has 1 aliphatic rings. The molecule has 70 valence electrons. The van der Waals surface area contributed by atoms with Crippen LogP contribution in [0.15, 0.2) is 30.3 Å². The molecule has 3 N–H and O–H groups in total. The van der Waals surface area contributed by atoms with Crippen LogP contribution >= 0.6 is 0 Å². The van der Waals surface area contributed by atoms with Crippen LogP contribution in [0, 0.1) is 0 Å². The van der Waals surface area contributed by atoms with Crippen LogP contribution in [-0.2, 0) is 6.42 Å². The molecule has 0 saturated carbocycles. The molecule has 1 aromatic rings. The summed E-state index contributed by atoms with van der Waals surface area (Å²) in [4.78, 5) is 0. The van der Waals surface area contributed by atoms with Crippen LogP contribution < -0.4 is 11.1 Å². The summed E-state index contributed by atoms with van der Waals surface area (Å²) < 4.78 is 0. The standard InChI is InChI=1S/C11H16N2/c12-10-6-7-13-11(10)8-9-4-2-1-3-5-9/h1-5,10-11,13H,6-8,12H2/t10?,11-/m0/s1. The summed E-state index contributed by atoms with van der Waals surface area (Å²) in [6, 6.07) is 11.3. The van der Waals surface area contributed by atoms with Gasteiger partial charge in [0.25, 0.3) is 0 Å². The lowest BCUT2D eigenvalue weighted by molar-refractivity contribution is 0.539. The van der Waals surface area contributed by atoms with E-state index in [1.165, 1.54) is 5.56 Å². The summed E-state index contributed by atoms with van der Waals surface area (Å²) in [5.74, 6) is 0. The Labute approximate surface area is 79.1 Å². The minimum absolute atomic E-state index is 0.334. The quantitative estimate of drug-likeness (QED) is 0.703. The minimum Gasteiger partial charge on any atom is -0.326 e. The molecule has 0 radical (unpaired) electrons. The molecule has 2 nitrogen and oxygen atoms in total. The van der Waals surface area contributed by atoms with Crippen LogP contribution in [-0.4, -0.2) is 18.6 Å². The van der Waals surface area contributed by atoms with Crippen LogP contribution in [0.4, 0.5) is 0 Å². The third kappa shape index (κ3) is 2.08. The van der Waals surface area contributed by atoms with E-state index in [0.717, 1.165) is 19.4 Å². The van der Waals surface area contributed by atoms with E-state index >= 15 is 0 Å². The lowest BCUT2D eigenvalue weighted by atomic mass is 10.0. The fraction of sp³-hybridized carbons (Fsp3) is 0.455. The third-order valence-corrected chi connectivity index (χ3v) is 2.70. The summed E-state index contributed by atoms with van der Waals surface area (Å²) >= 11 is 0. The molecular weight excluding hydrogens is 160 g/mol. The van der Waals surface area contributed by atoms with Crippen molar-refractivity contribution in [3.05, 3.63) is 35.9 Å². The number of rotatable bonds is 2. The monoisotopic (exact) mass is 176 g/mol. The Balaban J connectivity index is 1.98. The van der Waals surface area contributed by atoms with E-state index in [1.54, 1.807) is 0 Å². The molecule has 2 atom stereocenters. The van der Waals surface area contributed by atoms with E-state index in [4.69, 9.17) is 5.73 Å². The largest absolute Gasteiger partial charge is 0.326 e. The normalized spacial score (nSPS) is 27.8. The minimum atomic E-state index is 0.334. The summed E-state index contributed by atoms with van der Waals surface area (Å²) in [6.07, 6.45) is 2.17. The first-order valence-corrected chi connectivity index (χ1v) is 4.89. The molecule has 1 heterocycles. The number of benzene rings is 1. The number of hydrogen-bond acceptors (Lipinski definition) is 2. The highest BCUT2D eigenvalue weighted by atomic mass is 15.0. The van der Waals surface area contributed by atoms with E-state index < -0.39 is 0 Å². The predicted octanol–water partition coefficient (Wildman–Crippen LogP) is 0.918. The van der Waals surface area contributed by atoms with Gasteiger partial charge in [0.2, 0.25) is 0 Å². The van der Waals surface area contributed by atoms with Gasteiger partial charge in [0, 0.05) is 12.1 Å². The molecule has 0 aromatic heterocycles.